The predicted octanol–water partition coefficient (Wildman–Crippen LogP) is 14.6. The molecule has 0 fully saturated rings. The number of benzene rings is 7. The van der Waals surface area contributed by atoms with Gasteiger partial charge in [0.1, 0.15) is 0 Å². The topological polar surface area (TPSA) is 17.0 Å². The Morgan fingerprint density at radius 1 is 0.533 bits per heavy atom. The lowest BCUT2D eigenvalue weighted by molar-refractivity contribution is 0.590. The van der Waals surface area contributed by atoms with Crippen LogP contribution < -0.4 is 15.6 Å². The maximum atomic E-state index is 3.98. The number of rotatable bonds is 3. The van der Waals surface area contributed by atoms with Crippen molar-refractivity contribution in [2.24, 2.45) is 0 Å². The summed E-state index contributed by atoms with van der Waals surface area (Å²) >= 11 is 3.83. The smallest absolute Gasteiger partial charge is 0.211 e. The summed E-state index contributed by atoms with van der Waals surface area (Å²) in [5.41, 5.74) is 18.0. The second kappa shape index (κ2) is 12.2. The monoisotopic (exact) mass is 809 g/mol. The molecule has 1 aliphatic heterocycles. The molecule has 0 saturated heterocycles. The largest absolute Gasteiger partial charge is 0.355 e. The number of nitrogens with one attached hydrogen (secondary N) is 1. The summed E-state index contributed by atoms with van der Waals surface area (Å²) in [5, 5.41) is 10.6. The van der Waals surface area contributed by atoms with Crippen molar-refractivity contribution in [1.82, 2.24) is 4.57 Å². The summed E-state index contributed by atoms with van der Waals surface area (Å²) in [4.78, 5) is 0. The molecule has 1 N–H and O–H groups in total. The zero-order valence-corrected chi connectivity index (χ0v) is 37.1. The van der Waals surface area contributed by atoms with Gasteiger partial charge in [-0.05, 0) is 115 Å². The van der Waals surface area contributed by atoms with Crippen LogP contribution in [0.15, 0.2) is 127 Å². The predicted molar refractivity (Wildman–Crippen MR) is 264 cm³/mol. The van der Waals surface area contributed by atoms with E-state index < -0.39 is 0 Å². The van der Waals surface area contributed by atoms with Gasteiger partial charge >= 0.3 is 0 Å². The zero-order valence-electron chi connectivity index (χ0n) is 35.5. The highest BCUT2D eigenvalue weighted by molar-refractivity contribution is 7.29. The lowest BCUT2D eigenvalue weighted by Crippen LogP contribution is -2.35. The van der Waals surface area contributed by atoms with Crippen molar-refractivity contribution < 1.29 is 0 Å². The highest BCUT2D eigenvalue weighted by atomic mass is 32.1. The van der Waals surface area contributed by atoms with Crippen LogP contribution in [-0.4, -0.2) is 11.8 Å². The first-order chi connectivity index (χ1) is 28.7. The molecule has 0 amide bonds. The molecule has 0 spiro atoms. The molecule has 1 radical (unpaired) electrons. The Morgan fingerprint density at radius 3 is 2.07 bits per heavy atom. The van der Waals surface area contributed by atoms with Crippen LogP contribution in [0.3, 0.4) is 0 Å². The molecule has 0 saturated carbocycles. The Labute approximate surface area is 360 Å². The molecular formula is C55H46BN2S2. The van der Waals surface area contributed by atoms with E-state index in [1.165, 1.54) is 112 Å². The van der Waals surface area contributed by atoms with E-state index in [1.54, 1.807) is 0 Å². The number of thiophene rings is 2. The fourth-order valence-electron chi connectivity index (χ4n) is 10.3. The molecule has 10 aromatic rings. The first kappa shape index (κ1) is 36.3. The molecule has 2 nitrogen and oxygen atoms in total. The molecule has 12 rings (SSSR count). The zero-order chi connectivity index (χ0) is 41.0. The van der Waals surface area contributed by atoms with E-state index in [1.807, 2.05) is 22.7 Å². The Bertz CT molecular complexity index is 3470. The molecule has 7 aromatic carbocycles. The minimum Gasteiger partial charge on any atom is -0.355 e. The SMILES string of the molecule is CC(C)(C)c1ccc(Nc2cc3c(cc2-c2ccc4c5cc6c(cc5n5c4c2[B]c2sc4ccc(C(C)(C)C)cc4c2-5)sc2ccccc26)-c2ccccc2C3(C)C)cc1. The van der Waals surface area contributed by atoms with Crippen LogP contribution in [0.2, 0.25) is 0 Å². The van der Waals surface area contributed by atoms with E-state index in [2.05, 4.69) is 200 Å². The molecule has 2 aliphatic rings. The summed E-state index contributed by atoms with van der Waals surface area (Å²) in [6, 6.07) is 48.8. The van der Waals surface area contributed by atoms with Gasteiger partial charge in [-0.1, -0.05) is 128 Å². The summed E-state index contributed by atoms with van der Waals surface area (Å²) in [5.74, 6) is 0. The van der Waals surface area contributed by atoms with Gasteiger partial charge in [-0.15, -0.1) is 22.7 Å². The Kier molecular flexibility index (Phi) is 7.40. The molecule has 4 heterocycles. The Balaban J connectivity index is 1.16. The highest BCUT2D eigenvalue weighted by Gasteiger charge is 2.37. The van der Waals surface area contributed by atoms with E-state index in [9.17, 15) is 0 Å². The van der Waals surface area contributed by atoms with E-state index in [-0.39, 0.29) is 16.2 Å². The van der Waals surface area contributed by atoms with Gasteiger partial charge in [-0.25, -0.2) is 0 Å². The van der Waals surface area contributed by atoms with Crippen molar-refractivity contribution in [3.63, 3.8) is 0 Å². The van der Waals surface area contributed by atoms with Crippen LogP contribution in [-0.2, 0) is 16.2 Å². The van der Waals surface area contributed by atoms with E-state index >= 15 is 0 Å². The second-order valence-corrected chi connectivity index (χ2v) is 21.9. The first-order valence-corrected chi connectivity index (χ1v) is 22.9. The number of hydrogen-bond acceptors (Lipinski definition) is 3. The number of aromatic nitrogens is 1. The van der Waals surface area contributed by atoms with Gasteiger partial charge in [0.2, 0.25) is 7.28 Å². The van der Waals surface area contributed by atoms with E-state index in [0.29, 0.717) is 0 Å². The summed E-state index contributed by atoms with van der Waals surface area (Å²) in [6.07, 6.45) is 0. The average Bonchev–Trinajstić information content (AvgIpc) is 3.93. The van der Waals surface area contributed by atoms with Gasteiger partial charge in [0.05, 0.1) is 11.2 Å². The Morgan fingerprint density at radius 2 is 1.27 bits per heavy atom. The summed E-state index contributed by atoms with van der Waals surface area (Å²) in [7, 11) is 2.51. The highest BCUT2D eigenvalue weighted by Crippen LogP contribution is 2.52. The van der Waals surface area contributed by atoms with Crippen LogP contribution in [0.1, 0.15) is 77.6 Å². The van der Waals surface area contributed by atoms with Crippen LogP contribution in [0.5, 0.6) is 0 Å². The molecule has 0 unspecified atom stereocenters. The van der Waals surface area contributed by atoms with Crippen LogP contribution in [0.4, 0.5) is 11.4 Å². The maximum Gasteiger partial charge on any atom is 0.211 e. The number of anilines is 2. The number of hydrogen-bond donors (Lipinski definition) is 1. The van der Waals surface area contributed by atoms with Gasteiger partial charge in [-0.2, -0.15) is 0 Å². The lowest BCUT2D eigenvalue weighted by atomic mass is 9.63. The number of fused-ring (bicyclic) bond motifs is 13. The van der Waals surface area contributed by atoms with Crippen molar-refractivity contribution in [1.29, 1.82) is 0 Å². The van der Waals surface area contributed by atoms with Gasteiger partial charge in [-0.3, -0.25) is 0 Å². The summed E-state index contributed by atoms with van der Waals surface area (Å²) in [6.45, 7) is 18.6. The minimum absolute atomic E-state index is 0.0427. The summed E-state index contributed by atoms with van der Waals surface area (Å²) < 4.78 is 7.95. The molecule has 291 valence electrons. The van der Waals surface area contributed by atoms with Crippen molar-refractivity contribution in [3.05, 3.63) is 150 Å². The fourth-order valence-corrected chi connectivity index (χ4v) is 12.5. The Hall–Kier alpha value is -5.62. The molecule has 0 atom stereocenters. The van der Waals surface area contributed by atoms with Gasteiger partial charge in [0, 0.05) is 68.9 Å². The molecule has 60 heavy (non-hydrogen) atoms. The number of nitrogens with zero attached hydrogens (tertiary/aromatic N) is 1. The van der Waals surface area contributed by atoms with E-state index in [4.69, 9.17) is 0 Å². The van der Waals surface area contributed by atoms with Crippen molar-refractivity contribution in [2.75, 3.05) is 5.32 Å². The maximum absolute atomic E-state index is 3.98. The quantitative estimate of drug-likeness (QED) is 0.176. The van der Waals surface area contributed by atoms with Crippen molar-refractivity contribution in [3.8, 4) is 27.9 Å². The minimum atomic E-state index is -0.122. The van der Waals surface area contributed by atoms with E-state index in [0.717, 1.165) is 11.4 Å². The van der Waals surface area contributed by atoms with Crippen molar-refractivity contribution in [2.45, 2.75) is 71.6 Å². The normalized spacial score (nSPS) is 14.3. The van der Waals surface area contributed by atoms with Crippen molar-refractivity contribution >= 4 is 104 Å². The molecule has 3 aromatic heterocycles. The van der Waals surface area contributed by atoms with Gasteiger partial charge in [0.15, 0.2) is 0 Å². The van der Waals surface area contributed by atoms with Crippen LogP contribution >= 0.6 is 22.7 Å². The molecule has 5 heteroatoms. The van der Waals surface area contributed by atoms with Gasteiger partial charge < -0.3 is 9.88 Å². The fraction of sp³-hybridized carbons (Fsp3) is 0.200. The third kappa shape index (κ3) is 5.12. The first-order valence-electron chi connectivity index (χ1n) is 21.2. The third-order valence-electron chi connectivity index (χ3n) is 13.6. The lowest BCUT2D eigenvalue weighted by Gasteiger charge is -2.25. The second-order valence-electron chi connectivity index (χ2n) is 19.7. The molecule has 1 aliphatic carbocycles. The van der Waals surface area contributed by atoms with Gasteiger partial charge in [0.25, 0.3) is 0 Å². The van der Waals surface area contributed by atoms with Crippen LogP contribution in [0.25, 0.3) is 80.0 Å². The standard InChI is InChI=1S/C55H46BN2S2/c1-53(2,3)30-17-20-32(21-18-30)57-44-28-43-37(33-13-9-11-15-42(33)55(43,7)8)26-38(44)35-22-23-36-39-27-40-34-14-10-12-16-46(34)59-48(40)29-45(39)58-50(36)49(35)56-52-51(58)41-25-31(54(4,5)6)19-24-47(41)60-52/h9-29,57H,1-8H3. The average molecular weight is 810 g/mol. The van der Waals surface area contributed by atoms with Crippen LogP contribution in [0, 0.1) is 0 Å². The molecular weight excluding hydrogens is 764 g/mol. The third-order valence-corrected chi connectivity index (χ3v) is 15.8. The molecule has 0 bridgehead atoms.